The zero-order valence-corrected chi connectivity index (χ0v) is 6.86. The Morgan fingerprint density at radius 3 is 2.92 bits per heavy atom. The zero-order valence-electron chi connectivity index (χ0n) is 6.86. The van der Waals surface area contributed by atoms with E-state index >= 15 is 0 Å². The SMILES string of the molecule is O=C1/C(=C/O)C2CCC3C(C2)C13. The van der Waals surface area contributed by atoms with Gasteiger partial charge in [-0.25, -0.2) is 0 Å². The molecule has 12 heavy (non-hydrogen) atoms. The molecule has 0 amide bonds. The first-order valence-corrected chi connectivity index (χ1v) is 4.71. The molecule has 0 aromatic heterocycles. The number of aliphatic hydroxyl groups is 1. The third kappa shape index (κ3) is 0.598. The van der Waals surface area contributed by atoms with Crippen LogP contribution in [0.1, 0.15) is 19.3 Å². The fraction of sp³-hybridized carbons (Fsp3) is 0.700. The minimum absolute atomic E-state index is 0.251. The molecule has 1 N–H and O–H groups in total. The average Bonchev–Trinajstić information content (AvgIpc) is 2.80. The standard InChI is InChI=1S/C10H12O2/c11-4-8-5-1-2-6-7(3-5)9(6)10(8)12/h4-7,9,11H,1-3H2/b8-4+. The minimum Gasteiger partial charge on any atom is -0.515 e. The molecule has 3 rings (SSSR count). The monoisotopic (exact) mass is 164 g/mol. The third-order valence-electron chi connectivity index (χ3n) is 3.90. The molecule has 3 aliphatic rings. The van der Waals surface area contributed by atoms with Gasteiger partial charge in [-0.05, 0) is 37.0 Å². The lowest BCUT2D eigenvalue weighted by atomic mass is 9.80. The van der Waals surface area contributed by atoms with E-state index in [4.69, 9.17) is 5.11 Å². The summed E-state index contributed by atoms with van der Waals surface area (Å²) in [4.78, 5) is 11.6. The maximum atomic E-state index is 11.6. The molecule has 3 saturated carbocycles. The highest BCUT2D eigenvalue weighted by Gasteiger charge is 2.61. The molecule has 0 heterocycles. The molecule has 2 heteroatoms. The van der Waals surface area contributed by atoms with Crippen LogP contribution in [-0.2, 0) is 4.79 Å². The summed E-state index contributed by atoms with van der Waals surface area (Å²) in [5.41, 5.74) is 0.719. The second-order valence-electron chi connectivity index (χ2n) is 4.31. The molecule has 0 aromatic rings. The lowest BCUT2D eigenvalue weighted by Gasteiger charge is -2.23. The van der Waals surface area contributed by atoms with Crippen molar-refractivity contribution in [3.05, 3.63) is 11.8 Å². The largest absolute Gasteiger partial charge is 0.515 e. The van der Waals surface area contributed by atoms with Crippen molar-refractivity contribution in [3.8, 4) is 0 Å². The Balaban J connectivity index is 2.04. The lowest BCUT2D eigenvalue weighted by Crippen LogP contribution is -2.21. The van der Waals surface area contributed by atoms with Gasteiger partial charge in [-0.1, -0.05) is 0 Å². The number of aliphatic hydroxyl groups excluding tert-OH is 1. The van der Waals surface area contributed by atoms with E-state index in [1.54, 1.807) is 0 Å². The van der Waals surface area contributed by atoms with E-state index in [1.165, 1.54) is 6.42 Å². The molecule has 0 aliphatic heterocycles. The molecule has 0 saturated heterocycles. The number of allylic oxidation sites excluding steroid dienone is 1. The number of hydrogen-bond acceptors (Lipinski definition) is 2. The van der Waals surface area contributed by atoms with Gasteiger partial charge >= 0.3 is 0 Å². The molecule has 3 aliphatic carbocycles. The maximum Gasteiger partial charge on any atom is 0.165 e. The number of fused-ring (bicyclic) bond motifs is 2. The average molecular weight is 164 g/mol. The predicted molar refractivity (Wildman–Crippen MR) is 43.5 cm³/mol. The highest BCUT2D eigenvalue weighted by Crippen LogP contribution is 2.63. The highest BCUT2D eigenvalue weighted by atomic mass is 16.2. The number of carbonyl (C=O) groups excluding carboxylic acids is 1. The molecule has 0 spiro atoms. The minimum atomic E-state index is 0.251. The molecular weight excluding hydrogens is 152 g/mol. The number of hydrogen-bond donors (Lipinski definition) is 1. The van der Waals surface area contributed by atoms with Crippen LogP contribution < -0.4 is 0 Å². The summed E-state index contributed by atoms with van der Waals surface area (Å²) in [6.07, 6.45) is 4.55. The van der Waals surface area contributed by atoms with Gasteiger partial charge in [0.25, 0.3) is 0 Å². The molecule has 2 nitrogen and oxygen atoms in total. The van der Waals surface area contributed by atoms with E-state index in [1.807, 2.05) is 0 Å². The van der Waals surface area contributed by atoms with Crippen molar-refractivity contribution in [2.24, 2.45) is 23.7 Å². The molecule has 2 bridgehead atoms. The molecule has 4 atom stereocenters. The molecule has 0 radical (unpaired) electrons. The van der Waals surface area contributed by atoms with Gasteiger partial charge in [0, 0.05) is 11.5 Å². The Hall–Kier alpha value is -0.790. The van der Waals surface area contributed by atoms with E-state index in [9.17, 15) is 4.79 Å². The summed E-state index contributed by atoms with van der Waals surface area (Å²) in [7, 11) is 0. The number of carbonyl (C=O) groups is 1. The summed E-state index contributed by atoms with van der Waals surface area (Å²) in [6, 6.07) is 0. The molecule has 4 unspecified atom stereocenters. The normalized spacial score (nSPS) is 52.7. The summed E-state index contributed by atoms with van der Waals surface area (Å²) in [6.45, 7) is 0. The van der Waals surface area contributed by atoms with Gasteiger partial charge in [0.1, 0.15) is 0 Å². The fourth-order valence-corrected chi connectivity index (χ4v) is 3.23. The van der Waals surface area contributed by atoms with Crippen LogP contribution in [0.2, 0.25) is 0 Å². The predicted octanol–water partition coefficient (Wildman–Crippen LogP) is 1.67. The summed E-state index contributed by atoms with van der Waals surface area (Å²) in [5.74, 6) is 2.33. The van der Waals surface area contributed by atoms with Crippen molar-refractivity contribution < 1.29 is 9.90 Å². The van der Waals surface area contributed by atoms with E-state index in [0.717, 1.165) is 24.7 Å². The van der Waals surface area contributed by atoms with Gasteiger partial charge in [0.05, 0.1) is 6.26 Å². The topological polar surface area (TPSA) is 37.3 Å². The van der Waals surface area contributed by atoms with Gasteiger partial charge in [-0.15, -0.1) is 0 Å². The van der Waals surface area contributed by atoms with Crippen LogP contribution in [0.4, 0.5) is 0 Å². The number of rotatable bonds is 0. The van der Waals surface area contributed by atoms with Gasteiger partial charge in [0.15, 0.2) is 5.78 Å². The van der Waals surface area contributed by atoms with E-state index in [-0.39, 0.29) is 5.78 Å². The second-order valence-corrected chi connectivity index (χ2v) is 4.31. The van der Waals surface area contributed by atoms with Gasteiger partial charge < -0.3 is 5.11 Å². The van der Waals surface area contributed by atoms with Crippen molar-refractivity contribution in [1.29, 1.82) is 0 Å². The smallest absolute Gasteiger partial charge is 0.165 e. The molecular formula is C10H12O2. The first kappa shape index (κ1) is 6.70. The fourth-order valence-electron chi connectivity index (χ4n) is 3.23. The zero-order chi connectivity index (χ0) is 8.29. The van der Waals surface area contributed by atoms with E-state index in [0.29, 0.717) is 23.7 Å². The van der Waals surface area contributed by atoms with Crippen LogP contribution in [-0.4, -0.2) is 10.9 Å². The molecule has 64 valence electrons. The molecule has 0 aromatic carbocycles. The van der Waals surface area contributed by atoms with Gasteiger partial charge in [-0.2, -0.15) is 0 Å². The van der Waals surface area contributed by atoms with Crippen LogP contribution in [0, 0.1) is 23.7 Å². The first-order valence-electron chi connectivity index (χ1n) is 4.71. The Labute approximate surface area is 71.3 Å². The highest BCUT2D eigenvalue weighted by molar-refractivity contribution is 6.01. The third-order valence-corrected chi connectivity index (χ3v) is 3.90. The Bertz CT molecular complexity index is 276. The van der Waals surface area contributed by atoms with Crippen molar-refractivity contribution in [1.82, 2.24) is 0 Å². The molecule has 3 fully saturated rings. The van der Waals surface area contributed by atoms with Crippen LogP contribution in [0.25, 0.3) is 0 Å². The Morgan fingerprint density at radius 2 is 2.17 bits per heavy atom. The van der Waals surface area contributed by atoms with Gasteiger partial charge in [0.2, 0.25) is 0 Å². The van der Waals surface area contributed by atoms with E-state index < -0.39 is 0 Å². The Kier molecular flexibility index (Phi) is 1.07. The Morgan fingerprint density at radius 1 is 1.33 bits per heavy atom. The lowest BCUT2D eigenvalue weighted by molar-refractivity contribution is -0.118. The number of Topliss-reactive ketones (excluding diaryl/α,β-unsaturated/α-hetero) is 1. The quantitative estimate of drug-likeness (QED) is 0.437. The summed E-state index contributed by atoms with van der Waals surface area (Å²) >= 11 is 0. The van der Waals surface area contributed by atoms with Gasteiger partial charge in [-0.3, -0.25) is 4.79 Å². The van der Waals surface area contributed by atoms with Crippen molar-refractivity contribution >= 4 is 5.78 Å². The first-order chi connectivity index (χ1) is 5.83. The van der Waals surface area contributed by atoms with Crippen LogP contribution in [0.3, 0.4) is 0 Å². The van der Waals surface area contributed by atoms with Crippen molar-refractivity contribution in [2.45, 2.75) is 19.3 Å². The van der Waals surface area contributed by atoms with Crippen LogP contribution in [0.5, 0.6) is 0 Å². The summed E-state index contributed by atoms with van der Waals surface area (Å²) < 4.78 is 0. The van der Waals surface area contributed by atoms with Crippen LogP contribution >= 0.6 is 0 Å². The number of ketones is 1. The van der Waals surface area contributed by atoms with Crippen molar-refractivity contribution in [3.63, 3.8) is 0 Å². The summed E-state index contributed by atoms with van der Waals surface area (Å²) in [5, 5.41) is 8.93. The van der Waals surface area contributed by atoms with E-state index in [2.05, 4.69) is 0 Å². The maximum absolute atomic E-state index is 11.6. The van der Waals surface area contributed by atoms with Crippen LogP contribution in [0.15, 0.2) is 11.8 Å². The van der Waals surface area contributed by atoms with Crippen molar-refractivity contribution in [2.75, 3.05) is 0 Å². The second kappa shape index (κ2) is 1.93.